The van der Waals surface area contributed by atoms with Gasteiger partial charge >= 0.3 is 6.09 Å². The molecule has 0 aliphatic carbocycles. The fraction of sp³-hybridized carbons (Fsp3) is 0.417. The third-order valence-electron chi connectivity index (χ3n) is 1.97. The van der Waals surface area contributed by atoms with Crippen LogP contribution in [0.4, 0.5) is 4.79 Å². The third kappa shape index (κ3) is 3.46. The highest BCUT2D eigenvalue weighted by atomic mass is 32.2. The summed E-state index contributed by atoms with van der Waals surface area (Å²) >= 11 is 0. The zero-order valence-electron chi connectivity index (χ0n) is 17.1. The summed E-state index contributed by atoms with van der Waals surface area (Å²) in [6, 6.07) is 8.02. The molecule has 1 heterocycles. The first-order valence-electron chi connectivity index (χ1n) is 8.87. The average molecular weight is 277 g/mol. The van der Waals surface area contributed by atoms with Gasteiger partial charge in [-0.2, -0.15) is 0 Å². The van der Waals surface area contributed by atoms with Crippen LogP contribution in [0, 0.1) is 0 Å². The number of carbonyl (C=O) groups excluding carboxylic acids is 1. The summed E-state index contributed by atoms with van der Waals surface area (Å²) in [5, 5.41) is 0. The van der Waals surface area contributed by atoms with Crippen LogP contribution in [0.3, 0.4) is 0 Å². The maximum atomic E-state index is 12.3. The van der Waals surface area contributed by atoms with E-state index in [1.165, 1.54) is 0 Å². The molecule has 1 saturated heterocycles. The Morgan fingerprint density at radius 2 is 1.89 bits per heavy atom. The van der Waals surface area contributed by atoms with Gasteiger partial charge in [0.1, 0.15) is 6.61 Å². The predicted octanol–water partition coefficient (Wildman–Crippen LogP) is 1.05. The summed E-state index contributed by atoms with van der Waals surface area (Å²) in [6.07, 6.45) is -1.73. The van der Waals surface area contributed by atoms with Crippen molar-refractivity contribution < 1.29 is 28.9 Å². The van der Waals surface area contributed by atoms with Crippen molar-refractivity contribution in [3.05, 3.63) is 35.9 Å². The molecule has 0 spiro atoms. The van der Waals surface area contributed by atoms with E-state index in [1.54, 1.807) is 30.3 Å². The molecule has 2 rings (SSSR count). The first-order chi connectivity index (χ1) is 11.6. The van der Waals surface area contributed by atoms with E-state index in [2.05, 4.69) is 0 Å². The molecule has 1 aliphatic rings. The van der Waals surface area contributed by atoms with Crippen molar-refractivity contribution in [1.29, 1.82) is 0 Å². The predicted molar refractivity (Wildman–Crippen MR) is 66.9 cm³/mol. The Balaban J connectivity index is 2.46. The smallest absolute Gasteiger partial charge is 0.410 e. The zero-order chi connectivity index (χ0) is 20.2. The van der Waals surface area contributed by atoms with E-state index >= 15 is 0 Å². The SMILES string of the molecule is [2H]C1([2H])N(C(=O)OCc2ccccc2)C([2H])([2H])C([2H])([2H])S(=O)(=O)C1([2H])[2H]. The first kappa shape index (κ1) is 6.06. The summed E-state index contributed by atoms with van der Waals surface area (Å²) in [4.78, 5) is 11.8. The normalized spacial score (nSPS) is 36.1. The third-order valence-corrected chi connectivity index (χ3v) is 2.69. The van der Waals surface area contributed by atoms with Crippen LogP contribution in [0.1, 0.15) is 16.5 Å². The number of sulfone groups is 1. The van der Waals surface area contributed by atoms with Crippen molar-refractivity contribution in [3.63, 3.8) is 0 Å². The van der Waals surface area contributed by atoms with Crippen LogP contribution >= 0.6 is 0 Å². The molecular weight excluding hydrogens is 254 g/mol. The number of nitrogens with zero attached hydrogens (tertiary/aromatic N) is 1. The first-order valence-corrected chi connectivity index (χ1v) is 6.36. The van der Waals surface area contributed by atoms with Crippen molar-refractivity contribution in [3.8, 4) is 0 Å². The van der Waals surface area contributed by atoms with Crippen LogP contribution < -0.4 is 0 Å². The molecule has 1 aromatic carbocycles. The Bertz CT molecular complexity index is 778. The maximum Gasteiger partial charge on any atom is 0.410 e. The van der Waals surface area contributed by atoms with Crippen molar-refractivity contribution in [2.75, 3.05) is 24.4 Å². The number of benzene rings is 1. The maximum absolute atomic E-state index is 12.3. The largest absolute Gasteiger partial charge is 0.445 e. The van der Waals surface area contributed by atoms with Gasteiger partial charge in [0, 0.05) is 18.5 Å². The second kappa shape index (κ2) is 5.39. The lowest BCUT2D eigenvalue weighted by atomic mass is 10.2. The summed E-state index contributed by atoms with van der Waals surface area (Å²) in [6.45, 7) is -7.88. The van der Waals surface area contributed by atoms with E-state index in [-0.39, 0.29) is 0 Å². The number of amides is 1. The number of carbonyl (C=O) groups is 1. The molecule has 98 valence electrons. The highest BCUT2D eigenvalue weighted by Gasteiger charge is 2.25. The lowest BCUT2D eigenvalue weighted by Gasteiger charge is -2.25. The van der Waals surface area contributed by atoms with E-state index in [0.29, 0.717) is 5.56 Å². The Morgan fingerprint density at radius 1 is 1.28 bits per heavy atom. The van der Waals surface area contributed by atoms with Crippen molar-refractivity contribution >= 4 is 15.9 Å². The minimum absolute atomic E-state index is 0.429. The minimum Gasteiger partial charge on any atom is -0.445 e. The molecule has 5 nitrogen and oxygen atoms in total. The molecular formula is C12H15NO4S. The number of hydrogen-bond acceptors (Lipinski definition) is 4. The molecule has 1 fully saturated rings. The van der Waals surface area contributed by atoms with Crippen molar-refractivity contribution in [1.82, 2.24) is 4.90 Å². The van der Waals surface area contributed by atoms with Crippen LogP contribution in [-0.2, 0) is 21.2 Å². The van der Waals surface area contributed by atoms with Gasteiger partial charge in [-0.05, 0) is 5.56 Å². The van der Waals surface area contributed by atoms with Crippen LogP contribution in [0.15, 0.2) is 30.3 Å². The molecule has 0 atom stereocenters. The molecule has 0 radical (unpaired) electrons. The lowest BCUT2D eigenvalue weighted by molar-refractivity contribution is 0.0992. The topological polar surface area (TPSA) is 63.7 Å². The summed E-state index contributed by atoms with van der Waals surface area (Å²) in [5.41, 5.74) is -7.38. The Morgan fingerprint density at radius 3 is 2.50 bits per heavy atom. The second-order valence-corrected chi connectivity index (χ2v) is 4.72. The van der Waals surface area contributed by atoms with Crippen molar-refractivity contribution in [2.45, 2.75) is 6.61 Å². The van der Waals surface area contributed by atoms with Gasteiger partial charge in [-0.25, -0.2) is 13.2 Å². The highest BCUT2D eigenvalue weighted by Crippen LogP contribution is 2.07. The summed E-state index contributed by atoms with van der Waals surface area (Å²) in [7, 11) is -5.62. The van der Waals surface area contributed by atoms with Crippen LogP contribution in [0.2, 0.25) is 0 Å². The molecule has 1 aliphatic heterocycles. The van der Waals surface area contributed by atoms with Gasteiger partial charge in [-0.15, -0.1) is 0 Å². The van der Waals surface area contributed by atoms with Crippen LogP contribution in [0.25, 0.3) is 0 Å². The standard InChI is InChI=1S/C12H15NO4S/c14-12(13-6-8-18(15,16)9-7-13)17-10-11-4-2-1-3-5-11/h1-5H,6-10H2/i6D2,7D2,8D2,9D2. The monoisotopic (exact) mass is 277 g/mol. The molecule has 0 saturated carbocycles. The molecule has 1 aromatic rings. The van der Waals surface area contributed by atoms with Gasteiger partial charge < -0.3 is 9.64 Å². The molecule has 0 N–H and O–H groups in total. The fourth-order valence-corrected chi connectivity index (χ4v) is 1.61. The number of hydrogen-bond donors (Lipinski definition) is 0. The Hall–Kier alpha value is -1.56. The van der Waals surface area contributed by atoms with Gasteiger partial charge in [-0.3, -0.25) is 0 Å². The van der Waals surface area contributed by atoms with Gasteiger partial charge in [-0.1, -0.05) is 30.3 Å². The van der Waals surface area contributed by atoms with Gasteiger partial charge in [0.15, 0.2) is 9.84 Å². The molecule has 0 bridgehead atoms. The van der Waals surface area contributed by atoms with E-state index in [4.69, 9.17) is 15.7 Å². The van der Waals surface area contributed by atoms with Gasteiger partial charge in [0.2, 0.25) is 0 Å². The minimum atomic E-state index is -5.62. The van der Waals surface area contributed by atoms with Crippen LogP contribution in [0.5, 0.6) is 0 Å². The molecule has 18 heavy (non-hydrogen) atoms. The van der Waals surface area contributed by atoms with Gasteiger partial charge in [0.25, 0.3) is 0 Å². The van der Waals surface area contributed by atoms with E-state index in [9.17, 15) is 13.2 Å². The molecule has 0 unspecified atom stereocenters. The van der Waals surface area contributed by atoms with Gasteiger partial charge in [0.05, 0.1) is 16.9 Å². The Kier molecular flexibility index (Phi) is 1.81. The van der Waals surface area contributed by atoms with E-state index < -0.39 is 51.8 Å². The quantitative estimate of drug-likeness (QED) is 0.810. The zero-order valence-corrected chi connectivity index (χ0v) is 9.90. The van der Waals surface area contributed by atoms with E-state index in [0.717, 1.165) is 0 Å². The summed E-state index contributed by atoms with van der Waals surface area (Å²) < 4.78 is 90.0. The fourth-order valence-electron chi connectivity index (χ4n) is 1.14. The average Bonchev–Trinajstić information content (AvgIpc) is 2.52. The summed E-state index contributed by atoms with van der Waals surface area (Å²) in [5.74, 6) is 0. The number of rotatable bonds is 2. The van der Waals surface area contributed by atoms with Crippen LogP contribution in [-0.4, -0.2) is 43.8 Å². The molecule has 6 heteroatoms. The van der Waals surface area contributed by atoms with Crippen molar-refractivity contribution in [2.24, 2.45) is 0 Å². The highest BCUT2D eigenvalue weighted by molar-refractivity contribution is 7.91. The number of ether oxygens (including phenoxy) is 1. The second-order valence-electron chi connectivity index (χ2n) is 3.31. The van der Waals surface area contributed by atoms with E-state index in [1.807, 2.05) is 0 Å². The lowest BCUT2D eigenvalue weighted by Crippen LogP contribution is -2.43. The molecule has 1 amide bonds. The Labute approximate surface area is 118 Å². The molecule has 0 aromatic heterocycles.